The van der Waals surface area contributed by atoms with Gasteiger partial charge in [-0.3, -0.25) is 4.79 Å². The van der Waals surface area contributed by atoms with Crippen molar-refractivity contribution >= 4 is 5.91 Å². The highest BCUT2D eigenvalue weighted by Crippen LogP contribution is 2.15. The van der Waals surface area contributed by atoms with E-state index in [1.807, 2.05) is 20.8 Å². The number of carbonyl (C=O) groups is 1. The summed E-state index contributed by atoms with van der Waals surface area (Å²) in [4.78, 5) is 11.6. The van der Waals surface area contributed by atoms with Crippen LogP contribution in [0.1, 0.15) is 46.5 Å². The number of primary amides is 1. The summed E-state index contributed by atoms with van der Waals surface area (Å²) in [6.07, 6.45) is 3.78. The molecule has 5 nitrogen and oxygen atoms in total. The lowest BCUT2D eigenvalue weighted by molar-refractivity contribution is -0.124. The van der Waals surface area contributed by atoms with E-state index in [0.717, 1.165) is 32.5 Å². The Hall–Kier alpha value is -0.650. The van der Waals surface area contributed by atoms with Crippen molar-refractivity contribution in [1.29, 1.82) is 0 Å². The maximum absolute atomic E-state index is 11.6. The Bertz CT molecular complexity index is 278. The van der Waals surface area contributed by atoms with Gasteiger partial charge in [0.25, 0.3) is 0 Å². The lowest BCUT2D eigenvalue weighted by Crippen LogP contribution is -2.55. The maximum Gasteiger partial charge on any atom is 0.237 e. The van der Waals surface area contributed by atoms with Gasteiger partial charge in [0.1, 0.15) is 0 Å². The zero-order valence-electron chi connectivity index (χ0n) is 12.4. The first-order chi connectivity index (χ1) is 8.94. The Balaban J connectivity index is 2.26. The van der Waals surface area contributed by atoms with Gasteiger partial charge in [0, 0.05) is 25.9 Å². The Kier molecular flexibility index (Phi) is 6.75. The minimum Gasteiger partial charge on any atom is -0.381 e. The molecule has 1 rings (SSSR count). The summed E-state index contributed by atoms with van der Waals surface area (Å²) in [5.74, 6) is -0.299. The average molecular weight is 272 g/mol. The molecule has 1 atom stereocenters. The molecule has 1 aliphatic rings. The van der Waals surface area contributed by atoms with E-state index < -0.39 is 5.54 Å². The molecule has 19 heavy (non-hydrogen) atoms. The summed E-state index contributed by atoms with van der Waals surface area (Å²) in [7, 11) is 0. The van der Waals surface area contributed by atoms with Crippen LogP contribution in [0.4, 0.5) is 0 Å². The summed E-state index contributed by atoms with van der Waals surface area (Å²) >= 11 is 0. The first-order valence-electron chi connectivity index (χ1n) is 7.21. The quantitative estimate of drug-likeness (QED) is 0.651. The van der Waals surface area contributed by atoms with E-state index in [0.29, 0.717) is 19.1 Å². The van der Waals surface area contributed by atoms with Crippen molar-refractivity contribution < 1.29 is 14.3 Å². The highest BCUT2D eigenvalue weighted by Gasteiger charge is 2.30. The lowest BCUT2D eigenvalue weighted by Gasteiger charge is -2.30. The van der Waals surface area contributed by atoms with Crippen molar-refractivity contribution in [2.24, 2.45) is 5.73 Å². The van der Waals surface area contributed by atoms with E-state index in [2.05, 4.69) is 5.32 Å². The van der Waals surface area contributed by atoms with Gasteiger partial charge < -0.3 is 20.5 Å². The molecule has 1 amide bonds. The summed E-state index contributed by atoms with van der Waals surface area (Å²) in [5.41, 5.74) is 4.84. The number of rotatable bonds is 8. The molecular formula is C14H28N2O3. The van der Waals surface area contributed by atoms with E-state index in [1.54, 1.807) is 0 Å². The van der Waals surface area contributed by atoms with E-state index >= 15 is 0 Å². The van der Waals surface area contributed by atoms with Gasteiger partial charge in [-0.2, -0.15) is 0 Å². The van der Waals surface area contributed by atoms with Crippen LogP contribution in [0.2, 0.25) is 0 Å². The monoisotopic (exact) mass is 272 g/mol. The van der Waals surface area contributed by atoms with E-state index in [1.165, 1.54) is 0 Å². The number of ether oxygens (including phenoxy) is 2. The minimum absolute atomic E-state index is 0.230. The fourth-order valence-corrected chi connectivity index (χ4v) is 2.42. The summed E-state index contributed by atoms with van der Waals surface area (Å²) in [6, 6.07) is 0.230. The van der Waals surface area contributed by atoms with Crippen LogP contribution in [0.25, 0.3) is 0 Å². The van der Waals surface area contributed by atoms with E-state index in [9.17, 15) is 4.79 Å². The molecule has 0 bridgehead atoms. The van der Waals surface area contributed by atoms with Crippen LogP contribution in [-0.4, -0.2) is 43.4 Å². The molecule has 0 aromatic carbocycles. The zero-order chi connectivity index (χ0) is 14.3. The second-order valence-corrected chi connectivity index (χ2v) is 5.78. The third-order valence-electron chi connectivity index (χ3n) is 3.49. The normalized spacial score (nSPS) is 20.4. The molecule has 1 fully saturated rings. The van der Waals surface area contributed by atoms with Gasteiger partial charge in [-0.1, -0.05) is 0 Å². The fraction of sp³-hybridized carbons (Fsp3) is 0.929. The number of nitrogens with one attached hydrogen (secondary N) is 1. The molecule has 3 N–H and O–H groups in total. The molecule has 1 heterocycles. The lowest BCUT2D eigenvalue weighted by atomic mass is 9.94. The minimum atomic E-state index is -0.646. The van der Waals surface area contributed by atoms with Crippen molar-refractivity contribution in [3.8, 4) is 0 Å². The second kappa shape index (κ2) is 7.82. The molecule has 0 aliphatic carbocycles. The second-order valence-electron chi connectivity index (χ2n) is 5.78. The van der Waals surface area contributed by atoms with Gasteiger partial charge in [0.15, 0.2) is 0 Å². The molecule has 0 aromatic rings. The van der Waals surface area contributed by atoms with Crippen LogP contribution in [0.3, 0.4) is 0 Å². The third-order valence-corrected chi connectivity index (χ3v) is 3.49. The molecule has 0 saturated carbocycles. The first-order valence-corrected chi connectivity index (χ1v) is 7.21. The molecule has 1 aliphatic heterocycles. The van der Waals surface area contributed by atoms with Crippen LogP contribution in [0.15, 0.2) is 0 Å². The number of carbonyl (C=O) groups excluding carboxylic acids is 1. The Labute approximate surface area is 116 Å². The molecule has 0 spiro atoms. The number of hydrogen-bond donors (Lipinski definition) is 2. The average Bonchev–Trinajstić information content (AvgIpc) is 2.35. The molecule has 1 saturated heterocycles. The summed E-state index contributed by atoms with van der Waals surface area (Å²) in [6.45, 7) is 8.15. The van der Waals surface area contributed by atoms with Crippen molar-refractivity contribution in [3.63, 3.8) is 0 Å². The predicted molar refractivity (Wildman–Crippen MR) is 74.9 cm³/mol. The van der Waals surface area contributed by atoms with Crippen LogP contribution in [0.5, 0.6) is 0 Å². The Morgan fingerprint density at radius 3 is 2.63 bits per heavy atom. The number of amides is 1. The van der Waals surface area contributed by atoms with Gasteiger partial charge in [-0.05, 0) is 46.5 Å². The first kappa shape index (κ1) is 16.4. The standard InChI is InChI=1S/C14H28N2O3/c1-11(2)16-14(3,13(15)17)7-4-8-19-12-5-9-18-10-6-12/h11-12,16H,4-10H2,1-3H3,(H2,15,17). The van der Waals surface area contributed by atoms with Gasteiger partial charge >= 0.3 is 0 Å². The summed E-state index contributed by atoms with van der Waals surface area (Å²) in [5, 5.41) is 3.24. The number of hydrogen-bond acceptors (Lipinski definition) is 4. The van der Waals surface area contributed by atoms with Crippen molar-refractivity contribution in [2.45, 2.75) is 64.1 Å². The van der Waals surface area contributed by atoms with Crippen LogP contribution in [0, 0.1) is 0 Å². The fourth-order valence-electron chi connectivity index (χ4n) is 2.42. The zero-order valence-corrected chi connectivity index (χ0v) is 12.4. The van der Waals surface area contributed by atoms with E-state index in [-0.39, 0.29) is 11.9 Å². The SMILES string of the molecule is CC(C)NC(C)(CCCOC1CCOCC1)C(N)=O. The van der Waals surface area contributed by atoms with Crippen LogP contribution >= 0.6 is 0 Å². The molecule has 0 radical (unpaired) electrons. The van der Waals surface area contributed by atoms with Gasteiger partial charge in [0.2, 0.25) is 5.91 Å². The molecule has 1 unspecified atom stereocenters. The van der Waals surface area contributed by atoms with Gasteiger partial charge in [-0.25, -0.2) is 0 Å². The van der Waals surface area contributed by atoms with Crippen LogP contribution in [-0.2, 0) is 14.3 Å². The molecule has 112 valence electrons. The Morgan fingerprint density at radius 2 is 2.11 bits per heavy atom. The van der Waals surface area contributed by atoms with Crippen LogP contribution < -0.4 is 11.1 Å². The number of nitrogens with two attached hydrogens (primary N) is 1. The largest absolute Gasteiger partial charge is 0.381 e. The smallest absolute Gasteiger partial charge is 0.237 e. The topological polar surface area (TPSA) is 73.6 Å². The maximum atomic E-state index is 11.6. The molecule has 5 heteroatoms. The predicted octanol–water partition coefficient (Wildman–Crippen LogP) is 1.20. The highest BCUT2D eigenvalue weighted by molar-refractivity contribution is 5.84. The highest BCUT2D eigenvalue weighted by atomic mass is 16.5. The molecular weight excluding hydrogens is 244 g/mol. The third kappa shape index (κ3) is 5.89. The van der Waals surface area contributed by atoms with Crippen molar-refractivity contribution in [2.75, 3.05) is 19.8 Å². The summed E-state index contributed by atoms with van der Waals surface area (Å²) < 4.78 is 11.1. The van der Waals surface area contributed by atoms with E-state index in [4.69, 9.17) is 15.2 Å². The van der Waals surface area contributed by atoms with Gasteiger partial charge in [0.05, 0.1) is 11.6 Å². The van der Waals surface area contributed by atoms with Crippen molar-refractivity contribution in [3.05, 3.63) is 0 Å². The van der Waals surface area contributed by atoms with Crippen molar-refractivity contribution in [1.82, 2.24) is 5.32 Å². The van der Waals surface area contributed by atoms with Gasteiger partial charge in [-0.15, -0.1) is 0 Å². The Morgan fingerprint density at radius 1 is 1.47 bits per heavy atom. The molecule has 0 aromatic heterocycles.